The zero-order valence-electron chi connectivity index (χ0n) is 9.53. The maximum Gasteiger partial charge on any atom is 0.358 e. The molecule has 0 aromatic heterocycles. The molecule has 0 heterocycles. The molecule has 0 N–H and O–H groups in total. The SMILES string of the molecule is CC(C=O)(COC(=O)C(Cl)(Cl)Cl)c1ccccc1. The average Bonchev–Trinajstić information content (AvgIpc) is 2.35. The van der Waals surface area contributed by atoms with Crippen molar-refractivity contribution in [2.24, 2.45) is 0 Å². The molecule has 1 aromatic rings. The second kappa shape index (κ2) is 5.91. The van der Waals surface area contributed by atoms with Crippen LogP contribution in [0.1, 0.15) is 12.5 Å². The smallest absolute Gasteiger partial charge is 0.358 e. The summed E-state index contributed by atoms with van der Waals surface area (Å²) in [6.45, 7) is 1.45. The van der Waals surface area contributed by atoms with Gasteiger partial charge in [-0.2, -0.15) is 0 Å². The Morgan fingerprint density at radius 1 is 1.28 bits per heavy atom. The number of rotatable bonds is 4. The fourth-order valence-electron chi connectivity index (χ4n) is 1.30. The van der Waals surface area contributed by atoms with E-state index in [1.165, 1.54) is 0 Å². The van der Waals surface area contributed by atoms with E-state index in [9.17, 15) is 9.59 Å². The van der Waals surface area contributed by atoms with Crippen molar-refractivity contribution in [1.82, 2.24) is 0 Å². The molecular weight excluding hydrogens is 298 g/mol. The molecule has 0 aliphatic heterocycles. The summed E-state index contributed by atoms with van der Waals surface area (Å²) in [6, 6.07) is 8.92. The Kier molecular flexibility index (Phi) is 5.02. The van der Waals surface area contributed by atoms with E-state index in [4.69, 9.17) is 39.5 Å². The zero-order chi connectivity index (χ0) is 13.8. The number of hydrogen-bond acceptors (Lipinski definition) is 3. The lowest BCUT2D eigenvalue weighted by Gasteiger charge is -2.24. The predicted octanol–water partition coefficient (Wildman–Crippen LogP) is 3.06. The molecule has 0 bridgehead atoms. The largest absolute Gasteiger partial charge is 0.461 e. The molecule has 1 atom stereocenters. The summed E-state index contributed by atoms with van der Waals surface area (Å²) in [6.07, 6.45) is 0.702. The minimum atomic E-state index is -2.14. The van der Waals surface area contributed by atoms with Crippen LogP contribution < -0.4 is 0 Å². The molecule has 0 aliphatic rings. The number of alkyl halides is 3. The van der Waals surface area contributed by atoms with E-state index >= 15 is 0 Å². The standard InChI is InChI=1S/C12H11Cl3O3/c1-11(7-16,9-5-3-2-4-6-9)8-18-10(17)12(13,14)15/h2-7H,8H2,1H3. The summed E-state index contributed by atoms with van der Waals surface area (Å²) in [7, 11) is 0. The fourth-order valence-corrected chi connectivity index (χ4v) is 1.47. The molecule has 6 heteroatoms. The van der Waals surface area contributed by atoms with E-state index in [1.54, 1.807) is 31.2 Å². The Hall–Kier alpha value is -0.770. The number of benzene rings is 1. The first-order valence-electron chi connectivity index (χ1n) is 5.05. The summed E-state index contributed by atoms with van der Waals surface area (Å²) < 4.78 is 2.71. The predicted molar refractivity (Wildman–Crippen MR) is 71.1 cm³/mol. The van der Waals surface area contributed by atoms with Gasteiger partial charge in [-0.25, -0.2) is 4.79 Å². The van der Waals surface area contributed by atoms with Crippen LogP contribution in [0.4, 0.5) is 0 Å². The molecule has 1 aromatic carbocycles. The van der Waals surface area contributed by atoms with Gasteiger partial charge in [0.05, 0.1) is 5.41 Å². The van der Waals surface area contributed by atoms with Crippen LogP contribution in [0, 0.1) is 0 Å². The highest BCUT2D eigenvalue weighted by Crippen LogP contribution is 2.29. The lowest BCUT2D eigenvalue weighted by Crippen LogP contribution is -2.34. The molecule has 0 saturated carbocycles. The molecule has 18 heavy (non-hydrogen) atoms. The number of carbonyl (C=O) groups is 2. The van der Waals surface area contributed by atoms with Crippen molar-refractivity contribution in [3.8, 4) is 0 Å². The summed E-state index contributed by atoms with van der Waals surface area (Å²) in [5, 5.41) is 0. The van der Waals surface area contributed by atoms with Crippen molar-refractivity contribution < 1.29 is 14.3 Å². The molecule has 98 valence electrons. The first-order chi connectivity index (χ1) is 8.29. The first kappa shape index (κ1) is 15.3. The van der Waals surface area contributed by atoms with Crippen LogP contribution in [0.15, 0.2) is 30.3 Å². The van der Waals surface area contributed by atoms with Gasteiger partial charge in [0.15, 0.2) is 0 Å². The first-order valence-corrected chi connectivity index (χ1v) is 6.19. The average molecular weight is 310 g/mol. The lowest BCUT2D eigenvalue weighted by atomic mass is 9.85. The summed E-state index contributed by atoms with van der Waals surface area (Å²) >= 11 is 16.1. The third kappa shape index (κ3) is 3.87. The molecule has 0 aliphatic carbocycles. The van der Waals surface area contributed by atoms with Gasteiger partial charge in [-0.15, -0.1) is 0 Å². The Bertz CT molecular complexity index is 428. The van der Waals surface area contributed by atoms with Crippen molar-refractivity contribution in [1.29, 1.82) is 0 Å². The van der Waals surface area contributed by atoms with E-state index in [1.807, 2.05) is 6.07 Å². The van der Waals surface area contributed by atoms with Crippen molar-refractivity contribution in [3.63, 3.8) is 0 Å². The Morgan fingerprint density at radius 3 is 2.28 bits per heavy atom. The van der Waals surface area contributed by atoms with Crippen LogP contribution in [-0.2, 0) is 19.7 Å². The Morgan fingerprint density at radius 2 is 1.83 bits per heavy atom. The van der Waals surface area contributed by atoms with Crippen LogP contribution in [0.3, 0.4) is 0 Å². The molecule has 3 nitrogen and oxygen atoms in total. The normalized spacial score (nSPS) is 14.7. The molecular formula is C12H11Cl3O3. The highest BCUT2D eigenvalue weighted by Gasteiger charge is 2.35. The molecule has 0 spiro atoms. The number of halogens is 3. The van der Waals surface area contributed by atoms with Gasteiger partial charge in [-0.3, -0.25) is 0 Å². The van der Waals surface area contributed by atoms with Crippen LogP contribution >= 0.6 is 34.8 Å². The quantitative estimate of drug-likeness (QED) is 0.488. The van der Waals surface area contributed by atoms with Gasteiger partial charge >= 0.3 is 5.97 Å². The number of esters is 1. The third-order valence-electron chi connectivity index (χ3n) is 2.43. The topological polar surface area (TPSA) is 43.4 Å². The number of carbonyl (C=O) groups excluding carboxylic acids is 2. The van der Waals surface area contributed by atoms with E-state index in [0.29, 0.717) is 6.29 Å². The summed E-state index contributed by atoms with van der Waals surface area (Å²) in [5.41, 5.74) is -0.246. The van der Waals surface area contributed by atoms with Crippen molar-refractivity contribution >= 4 is 47.1 Å². The summed E-state index contributed by atoms with van der Waals surface area (Å²) in [4.78, 5) is 22.5. The third-order valence-corrected chi connectivity index (χ3v) is 2.89. The lowest BCUT2D eigenvalue weighted by molar-refractivity contribution is -0.144. The van der Waals surface area contributed by atoms with Gasteiger partial charge in [0, 0.05) is 0 Å². The maximum atomic E-state index is 11.3. The van der Waals surface area contributed by atoms with Crippen molar-refractivity contribution in [2.45, 2.75) is 16.1 Å². The van der Waals surface area contributed by atoms with Gasteiger partial charge in [0.25, 0.3) is 3.79 Å². The van der Waals surface area contributed by atoms with Crippen LogP contribution in [0.2, 0.25) is 0 Å². The maximum absolute atomic E-state index is 11.3. The second-order valence-electron chi connectivity index (χ2n) is 3.98. The monoisotopic (exact) mass is 308 g/mol. The van der Waals surface area contributed by atoms with Gasteiger partial charge in [0.1, 0.15) is 12.9 Å². The van der Waals surface area contributed by atoms with Crippen molar-refractivity contribution in [2.75, 3.05) is 6.61 Å². The molecule has 1 rings (SSSR count). The van der Waals surface area contributed by atoms with Gasteiger partial charge in [-0.1, -0.05) is 65.1 Å². The minimum absolute atomic E-state index is 0.187. The van der Waals surface area contributed by atoms with Gasteiger partial charge in [-0.05, 0) is 12.5 Å². The number of ether oxygens (including phenoxy) is 1. The molecule has 0 amide bonds. The van der Waals surface area contributed by atoms with Gasteiger partial charge in [0.2, 0.25) is 0 Å². The highest BCUT2D eigenvalue weighted by atomic mass is 35.6. The zero-order valence-corrected chi connectivity index (χ0v) is 11.8. The van der Waals surface area contributed by atoms with E-state index in [-0.39, 0.29) is 6.61 Å². The summed E-state index contributed by atoms with van der Waals surface area (Å²) in [5.74, 6) is -1.00. The van der Waals surface area contributed by atoms with Gasteiger partial charge < -0.3 is 9.53 Å². The number of hydrogen-bond donors (Lipinski definition) is 0. The van der Waals surface area contributed by atoms with E-state index in [0.717, 1.165) is 5.56 Å². The van der Waals surface area contributed by atoms with Crippen molar-refractivity contribution in [3.05, 3.63) is 35.9 Å². The number of aldehydes is 1. The molecule has 1 unspecified atom stereocenters. The highest BCUT2D eigenvalue weighted by molar-refractivity contribution is 6.75. The minimum Gasteiger partial charge on any atom is -0.461 e. The van der Waals surface area contributed by atoms with E-state index in [2.05, 4.69) is 0 Å². The Balaban J connectivity index is 2.80. The fraction of sp³-hybridized carbons (Fsp3) is 0.333. The second-order valence-corrected chi connectivity index (χ2v) is 6.26. The van der Waals surface area contributed by atoms with E-state index < -0.39 is 15.2 Å². The van der Waals surface area contributed by atoms with Crippen LogP contribution in [-0.4, -0.2) is 22.7 Å². The van der Waals surface area contributed by atoms with Crippen LogP contribution in [0.25, 0.3) is 0 Å². The molecule has 0 fully saturated rings. The molecule has 0 radical (unpaired) electrons. The van der Waals surface area contributed by atoms with Crippen LogP contribution in [0.5, 0.6) is 0 Å². The molecule has 0 saturated heterocycles. The Labute approximate surface area is 120 Å².